The molecule has 128 valence electrons. The first-order chi connectivity index (χ1) is 10.1. The molecule has 0 fully saturated rings. The zero-order valence-electron chi connectivity index (χ0n) is 13.9. The predicted octanol–water partition coefficient (Wildman–Crippen LogP) is 1.54. The fourth-order valence-electron chi connectivity index (χ4n) is 1.70. The molecule has 0 radical (unpaired) electrons. The Balaban J connectivity index is 4.59. The van der Waals surface area contributed by atoms with E-state index >= 15 is 0 Å². The van der Waals surface area contributed by atoms with E-state index in [1.807, 2.05) is 13.8 Å². The van der Waals surface area contributed by atoms with Crippen molar-refractivity contribution in [2.24, 2.45) is 23.5 Å². The minimum atomic E-state index is -1.29. The molecule has 0 aromatic heterocycles. The monoisotopic (exact) mass is 317 g/mol. The van der Waals surface area contributed by atoms with Crippen molar-refractivity contribution in [3.63, 3.8) is 0 Å². The van der Waals surface area contributed by atoms with Crippen molar-refractivity contribution in [2.75, 3.05) is 0 Å². The number of carbonyl (C=O) groups is 3. The summed E-state index contributed by atoms with van der Waals surface area (Å²) in [5, 5.41) is 9.18. The fraction of sp³-hybridized carbons (Fsp3) is 0.800. The Labute approximate surface area is 131 Å². The zero-order valence-corrected chi connectivity index (χ0v) is 13.9. The van der Waals surface area contributed by atoms with Crippen molar-refractivity contribution in [3.8, 4) is 0 Å². The van der Waals surface area contributed by atoms with E-state index < -0.39 is 36.2 Å². The van der Waals surface area contributed by atoms with E-state index in [0.717, 1.165) is 0 Å². The average Bonchev–Trinajstić information content (AvgIpc) is 2.37. The van der Waals surface area contributed by atoms with Gasteiger partial charge in [-0.05, 0) is 12.3 Å². The Hall–Kier alpha value is -1.63. The summed E-state index contributed by atoms with van der Waals surface area (Å²) in [5.41, 5.74) is 5.69. The van der Waals surface area contributed by atoms with E-state index in [2.05, 4.69) is 0 Å². The van der Waals surface area contributed by atoms with Crippen molar-refractivity contribution in [1.29, 1.82) is 0 Å². The topological polar surface area (TPSA) is 116 Å². The number of carbonyl (C=O) groups excluding carboxylic acids is 2. The summed E-state index contributed by atoms with van der Waals surface area (Å²) in [5.74, 6) is -3.62. The highest BCUT2D eigenvalue weighted by atomic mass is 16.7. The molecule has 0 aromatic rings. The molecule has 0 bridgehead atoms. The Morgan fingerprint density at radius 1 is 0.955 bits per heavy atom. The molecule has 0 spiro atoms. The standard InChI is InChI=1S/C15H27NO6/c1-8(2)6-7-11(13(17)18)12(16)15(20)22-10(5)21-14(19)9(3)4/h8-12H,6-7,16H2,1-5H3,(H,17,18)/t10-,11?,12?/m0/s1. The largest absolute Gasteiger partial charge is 0.481 e. The number of rotatable bonds is 9. The Morgan fingerprint density at radius 3 is 1.86 bits per heavy atom. The fourth-order valence-corrected chi connectivity index (χ4v) is 1.70. The van der Waals surface area contributed by atoms with E-state index in [4.69, 9.17) is 15.2 Å². The average molecular weight is 317 g/mol. The maximum Gasteiger partial charge on any atom is 0.326 e. The minimum Gasteiger partial charge on any atom is -0.481 e. The number of carboxylic acids is 1. The third-order valence-corrected chi connectivity index (χ3v) is 3.11. The molecule has 0 aliphatic heterocycles. The molecule has 22 heavy (non-hydrogen) atoms. The van der Waals surface area contributed by atoms with Crippen LogP contribution in [0.2, 0.25) is 0 Å². The second kappa shape index (κ2) is 9.40. The maximum absolute atomic E-state index is 11.9. The summed E-state index contributed by atoms with van der Waals surface area (Å²) in [6.45, 7) is 8.59. The second-order valence-corrected chi connectivity index (χ2v) is 6.04. The van der Waals surface area contributed by atoms with E-state index in [-0.39, 0.29) is 12.3 Å². The molecule has 3 atom stereocenters. The van der Waals surface area contributed by atoms with Crippen molar-refractivity contribution >= 4 is 17.9 Å². The van der Waals surface area contributed by atoms with Crippen LogP contribution in [-0.2, 0) is 23.9 Å². The molecule has 0 amide bonds. The van der Waals surface area contributed by atoms with Crippen LogP contribution in [-0.4, -0.2) is 35.3 Å². The lowest BCUT2D eigenvalue weighted by molar-refractivity contribution is -0.189. The quantitative estimate of drug-likeness (QED) is 0.489. The summed E-state index contributed by atoms with van der Waals surface area (Å²) >= 11 is 0. The van der Waals surface area contributed by atoms with Crippen molar-refractivity contribution in [1.82, 2.24) is 0 Å². The predicted molar refractivity (Wildman–Crippen MR) is 79.7 cm³/mol. The van der Waals surface area contributed by atoms with Crippen LogP contribution in [0.25, 0.3) is 0 Å². The van der Waals surface area contributed by atoms with Crippen LogP contribution >= 0.6 is 0 Å². The van der Waals surface area contributed by atoms with Gasteiger partial charge in [-0.2, -0.15) is 0 Å². The smallest absolute Gasteiger partial charge is 0.326 e. The summed E-state index contributed by atoms with van der Waals surface area (Å²) in [6, 6.07) is -1.29. The number of aliphatic carboxylic acids is 1. The number of nitrogens with two attached hydrogens (primary N) is 1. The van der Waals surface area contributed by atoms with Crippen molar-refractivity contribution in [2.45, 2.75) is 59.8 Å². The summed E-state index contributed by atoms with van der Waals surface area (Å²) < 4.78 is 9.79. The number of ether oxygens (including phenoxy) is 2. The molecule has 0 rings (SSSR count). The molecule has 3 N–H and O–H groups in total. The number of hydrogen-bond donors (Lipinski definition) is 2. The van der Waals surface area contributed by atoms with Crippen molar-refractivity contribution in [3.05, 3.63) is 0 Å². The third kappa shape index (κ3) is 7.40. The van der Waals surface area contributed by atoms with E-state index in [0.29, 0.717) is 12.3 Å². The summed E-state index contributed by atoms with van der Waals surface area (Å²) in [6.07, 6.45) is -0.188. The Bertz CT molecular complexity index is 393. The molecule has 0 aliphatic rings. The third-order valence-electron chi connectivity index (χ3n) is 3.11. The van der Waals surface area contributed by atoms with Gasteiger partial charge in [0.05, 0.1) is 11.8 Å². The second-order valence-electron chi connectivity index (χ2n) is 6.04. The van der Waals surface area contributed by atoms with Gasteiger partial charge in [0.25, 0.3) is 0 Å². The molecule has 2 unspecified atom stereocenters. The maximum atomic E-state index is 11.9. The van der Waals surface area contributed by atoms with Gasteiger partial charge < -0.3 is 20.3 Å². The molecule has 7 heteroatoms. The van der Waals surface area contributed by atoms with Crippen LogP contribution in [0.15, 0.2) is 0 Å². The lowest BCUT2D eigenvalue weighted by atomic mass is 9.92. The van der Waals surface area contributed by atoms with Crippen LogP contribution in [0.4, 0.5) is 0 Å². The minimum absolute atomic E-state index is 0.281. The molecular formula is C15H27NO6. The Kier molecular flexibility index (Phi) is 8.70. The normalized spacial score (nSPS) is 15.3. The van der Waals surface area contributed by atoms with Crippen LogP contribution in [0, 0.1) is 17.8 Å². The van der Waals surface area contributed by atoms with Gasteiger partial charge in [-0.1, -0.05) is 34.1 Å². The van der Waals surface area contributed by atoms with Crippen molar-refractivity contribution < 1.29 is 29.0 Å². The highest BCUT2D eigenvalue weighted by Gasteiger charge is 2.33. The van der Waals surface area contributed by atoms with Gasteiger partial charge in [0.15, 0.2) is 0 Å². The van der Waals surface area contributed by atoms with Gasteiger partial charge >= 0.3 is 17.9 Å². The van der Waals surface area contributed by atoms with E-state index in [1.165, 1.54) is 6.92 Å². The van der Waals surface area contributed by atoms with E-state index in [9.17, 15) is 19.5 Å². The lowest BCUT2D eigenvalue weighted by Crippen LogP contribution is -2.44. The molecular weight excluding hydrogens is 290 g/mol. The van der Waals surface area contributed by atoms with E-state index in [1.54, 1.807) is 13.8 Å². The summed E-state index contributed by atoms with van der Waals surface area (Å²) in [7, 11) is 0. The molecule has 0 saturated heterocycles. The highest BCUT2D eigenvalue weighted by Crippen LogP contribution is 2.17. The SMILES string of the molecule is CC(C)CCC(C(=O)O)C(N)C(=O)O[C@@H](C)OC(=O)C(C)C. The number of carboxylic acid groups (broad SMARTS) is 1. The Morgan fingerprint density at radius 2 is 1.45 bits per heavy atom. The van der Waals surface area contributed by atoms with Crippen LogP contribution < -0.4 is 5.73 Å². The molecule has 0 saturated carbocycles. The number of esters is 2. The van der Waals surface area contributed by atoms with Crippen LogP contribution in [0.5, 0.6) is 0 Å². The molecule has 0 aliphatic carbocycles. The van der Waals surface area contributed by atoms with Crippen LogP contribution in [0.3, 0.4) is 0 Å². The van der Waals surface area contributed by atoms with Gasteiger partial charge in [-0.3, -0.25) is 14.4 Å². The molecule has 0 heterocycles. The number of hydrogen-bond acceptors (Lipinski definition) is 6. The lowest BCUT2D eigenvalue weighted by Gasteiger charge is -2.22. The van der Waals surface area contributed by atoms with Gasteiger partial charge in [0.2, 0.25) is 6.29 Å². The van der Waals surface area contributed by atoms with Crippen LogP contribution in [0.1, 0.15) is 47.5 Å². The molecule has 0 aromatic carbocycles. The first-order valence-electron chi connectivity index (χ1n) is 7.45. The van der Waals surface area contributed by atoms with Gasteiger partial charge in [0.1, 0.15) is 6.04 Å². The first-order valence-corrected chi connectivity index (χ1v) is 7.45. The first kappa shape index (κ1) is 20.4. The van der Waals surface area contributed by atoms with Gasteiger partial charge in [0, 0.05) is 6.92 Å². The highest BCUT2D eigenvalue weighted by molar-refractivity contribution is 5.83. The van der Waals surface area contributed by atoms with Gasteiger partial charge in [-0.25, -0.2) is 0 Å². The molecule has 7 nitrogen and oxygen atoms in total. The summed E-state index contributed by atoms with van der Waals surface area (Å²) in [4.78, 5) is 34.5. The van der Waals surface area contributed by atoms with Gasteiger partial charge in [-0.15, -0.1) is 0 Å². The zero-order chi connectivity index (χ0) is 17.4.